The summed E-state index contributed by atoms with van der Waals surface area (Å²) in [5.41, 5.74) is 16.4. The topological polar surface area (TPSA) is 13.1 Å². The summed E-state index contributed by atoms with van der Waals surface area (Å²) >= 11 is 3.94. The van der Waals surface area contributed by atoms with Crippen LogP contribution in [0.15, 0.2) is 241 Å². The molecule has 0 spiro atoms. The van der Waals surface area contributed by atoms with E-state index in [-0.39, 0.29) is 0 Å². The van der Waals surface area contributed by atoms with E-state index in [9.17, 15) is 0 Å². The number of aromatic nitrogens is 2. The molecule has 0 saturated heterocycles. The highest BCUT2D eigenvalue weighted by Crippen LogP contribution is 2.43. The second kappa shape index (κ2) is 16.5. The minimum atomic E-state index is 1.05. The van der Waals surface area contributed by atoms with Crippen molar-refractivity contribution >= 4 is 115 Å². The van der Waals surface area contributed by atoms with Crippen LogP contribution in [0.4, 0.5) is 11.4 Å². The van der Waals surface area contributed by atoms with E-state index in [1.807, 2.05) is 0 Å². The summed E-state index contributed by atoms with van der Waals surface area (Å²) in [6, 6.07) is 86.7. The normalized spacial score (nSPS) is 12.0. The Morgan fingerprint density at radius 3 is 1.65 bits per heavy atom. The monoisotopic (exact) mass is 969 g/mol. The SMILES string of the molecule is CN(c1ccccc1)c1ccccc1/C=C/c1ccc(-n2c3ccccc3c3cc(-c4cc(Br)cc(-c5ccc6c(c5)c5ccccc5n6-c5ccc6ccc7cccc8ccc5c6c78)c4)ccc32)cc1. The Labute approximate surface area is 419 Å². The van der Waals surface area contributed by atoms with Gasteiger partial charge in [0.1, 0.15) is 0 Å². The van der Waals surface area contributed by atoms with Crippen LogP contribution < -0.4 is 4.90 Å². The van der Waals surface area contributed by atoms with Gasteiger partial charge in [0, 0.05) is 55.5 Å². The van der Waals surface area contributed by atoms with E-state index in [0.29, 0.717) is 0 Å². The Kier molecular flexibility index (Phi) is 9.58. The van der Waals surface area contributed by atoms with Gasteiger partial charge in [-0.3, -0.25) is 0 Å². The zero-order valence-electron chi connectivity index (χ0n) is 38.9. The maximum atomic E-state index is 3.94. The summed E-state index contributed by atoms with van der Waals surface area (Å²) in [6.07, 6.45) is 4.42. The minimum absolute atomic E-state index is 1.05. The van der Waals surface area contributed by atoms with Gasteiger partial charge in [-0.25, -0.2) is 0 Å². The van der Waals surface area contributed by atoms with Crippen LogP contribution in [0.5, 0.6) is 0 Å². The molecule has 0 aliphatic rings. The summed E-state index contributed by atoms with van der Waals surface area (Å²) in [4.78, 5) is 2.24. The zero-order chi connectivity index (χ0) is 47.2. The van der Waals surface area contributed by atoms with Gasteiger partial charge in [-0.1, -0.05) is 174 Å². The fourth-order valence-electron chi connectivity index (χ4n) is 11.3. The molecule has 14 rings (SSSR count). The molecule has 2 aromatic heterocycles. The largest absolute Gasteiger partial charge is 0.344 e. The van der Waals surface area contributed by atoms with Crippen LogP contribution >= 0.6 is 15.9 Å². The van der Waals surface area contributed by atoms with Crippen LogP contribution in [0.3, 0.4) is 0 Å². The number of nitrogens with zero attached hydrogens (tertiary/aromatic N) is 3. The molecule has 4 heteroatoms. The predicted octanol–water partition coefficient (Wildman–Crippen LogP) is 18.8. The summed E-state index contributed by atoms with van der Waals surface area (Å²) < 4.78 is 5.91. The lowest BCUT2D eigenvalue weighted by Crippen LogP contribution is -2.10. The standard InChI is InChI=1S/C67H44BrN3/c1-69(53-15-3-2-4-16-53)60-19-8-5-12-44(60)25-22-43-23-32-54(33-24-43)70-61-20-9-6-17-55(61)58-41-48(30-36-64(58)70)50-38-51(40-52(68)39-50)49-31-37-65-59(42-49)56-18-7-10-21-62(56)71(65)63-35-29-47-27-26-45-13-11-14-46-28-34-57(63)67(47)66(45)46/h2-42H,1H3/b25-22+. The molecule has 2 heterocycles. The molecule has 0 aliphatic heterocycles. The van der Waals surface area contributed by atoms with E-state index in [2.05, 4.69) is 286 Å². The third kappa shape index (κ3) is 6.78. The zero-order valence-corrected chi connectivity index (χ0v) is 40.5. The third-order valence-electron chi connectivity index (χ3n) is 14.7. The van der Waals surface area contributed by atoms with E-state index in [4.69, 9.17) is 0 Å². The van der Waals surface area contributed by atoms with Crippen molar-refractivity contribution in [1.29, 1.82) is 0 Å². The minimum Gasteiger partial charge on any atom is -0.344 e. The van der Waals surface area contributed by atoms with E-state index in [1.54, 1.807) is 0 Å². The fraction of sp³-hybridized carbons (Fsp3) is 0.0149. The Hall–Kier alpha value is -8.70. The van der Waals surface area contributed by atoms with Crippen LogP contribution in [-0.2, 0) is 0 Å². The van der Waals surface area contributed by atoms with Crippen LogP contribution in [0, 0.1) is 0 Å². The number of benzene rings is 12. The van der Waals surface area contributed by atoms with Crippen molar-refractivity contribution in [3.05, 3.63) is 252 Å². The Bertz CT molecular complexity index is 4410. The summed E-state index contributed by atoms with van der Waals surface area (Å²) in [5, 5.41) is 12.7. The molecule has 0 aliphatic carbocycles. The van der Waals surface area contributed by atoms with Crippen molar-refractivity contribution in [2.24, 2.45) is 0 Å². The van der Waals surface area contributed by atoms with Crippen molar-refractivity contribution in [3.8, 4) is 33.6 Å². The number of rotatable bonds is 8. The van der Waals surface area contributed by atoms with Crippen molar-refractivity contribution in [1.82, 2.24) is 9.13 Å². The van der Waals surface area contributed by atoms with Crippen LogP contribution in [0.2, 0.25) is 0 Å². The molecule has 0 atom stereocenters. The molecule has 3 nitrogen and oxygen atoms in total. The first-order valence-corrected chi connectivity index (χ1v) is 25.0. The number of fused-ring (bicyclic) bond motifs is 6. The second-order valence-corrected chi connectivity index (χ2v) is 19.6. The van der Waals surface area contributed by atoms with Crippen LogP contribution in [0.1, 0.15) is 11.1 Å². The summed E-state index contributed by atoms with van der Waals surface area (Å²) in [6.45, 7) is 0. The smallest absolute Gasteiger partial charge is 0.0541 e. The van der Waals surface area contributed by atoms with Gasteiger partial charge in [-0.2, -0.15) is 0 Å². The van der Waals surface area contributed by atoms with Crippen molar-refractivity contribution in [3.63, 3.8) is 0 Å². The molecule has 0 N–H and O–H groups in total. The van der Waals surface area contributed by atoms with Gasteiger partial charge >= 0.3 is 0 Å². The molecule has 14 aromatic rings. The van der Waals surface area contributed by atoms with Crippen molar-refractivity contribution < 1.29 is 0 Å². The maximum absolute atomic E-state index is 3.94. The van der Waals surface area contributed by atoms with Gasteiger partial charge in [-0.15, -0.1) is 0 Å². The average Bonchev–Trinajstić information content (AvgIpc) is 3.94. The number of halogens is 1. The molecule has 12 aromatic carbocycles. The van der Waals surface area contributed by atoms with Gasteiger partial charge < -0.3 is 14.0 Å². The first kappa shape index (κ1) is 41.3. The van der Waals surface area contributed by atoms with Crippen molar-refractivity contribution in [2.45, 2.75) is 0 Å². The highest BCUT2D eigenvalue weighted by atomic mass is 79.9. The molecule has 0 bridgehead atoms. The quantitative estimate of drug-likeness (QED) is 0.109. The first-order valence-electron chi connectivity index (χ1n) is 24.2. The lowest BCUT2D eigenvalue weighted by atomic mass is 9.93. The summed E-state index contributed by atoms with van der Waals surface area (Å²) in [7, 11) is 2.12. The highest BCUT2D eigenvalue weighted by molar-refractivity contribution is 9.10. The number of hydrogen-bond donors (Lipinski definition) is 0. The summed E-state index contributed by atoms with van der Waals surface area (Å²) in [5.74, 6) is 0. The molecule has 0 fully saturated rings. The van der Waals surface area contributed by atoms with Gasteiger partial charge in [0.15, 0.2) is 0 Å². The van der Waals surface area contributed by atoms with Crippen molar-refractivity contribution in [2.75, 3.05) is 11.9 Å². The van der Waals surface area contributed by atoms with Gasteiger partial charge in [0.2, 0.25) is 0 Å². The highest BCUT2D eigenvalue weighted by Gasteiger charge is 2.19. The fourth-order valence-corrected chi connectivity index (χ4v) is 11.8. The predicted molar refractivity (Wildman–Crippen MR) is 307 cm³/mol. The number of anilines is 2. The molecule has 334 valence electrons. The van der Waals surface area contributed by atoms with E-state index in [1.165, 1.54) is 104 Å². The Morgan fingerprint density at radius 1 is 0.380 bits per heavy atom. The first-order chi connectivity index (χ1) is 35.0. The van der Waals surface area contributed by atoms with E-state index >= 15 is 0 Å². The Balaban J connectivity index is 0.816. The molecule has 0 radical (unpaired) electrons. The van der Waals surface area contributed by atoms with Gasteiger partial charge in [-0.05, 0) is 151 Å². The molecule has 0 saturated carbocycles. The molecular weight excluding hydrogens is 927 g/mol. The van der Waals surface area contributed by atoms with E-state index in [0.717, 1.165) is 32.7 Å². The maximum Gasteiger partial charge on any atom is 0.0541 e. The number of hydrogen-bond acceptors (Lipinski definition) is 1. The molecular formula is C67H44BrN3. The van der Waals surface area contributed by atoms with Gasteiger partial charge in [0.05, 0.1) is 27.8 Å². The van der Waals surface area contributed by atoms with E-state index < -0.39 is 0 Å². The molecule has 0 unspecified atom stereocenters. The third-order valence-corrected chi connectivity index (χ3v) is 15.2. The van der Waals surface area contributed by atoms with Crippen LogP contribution in [-0.4, -0.2) is 16.2 Å². The average molecular weight is 971 g/mol. The second-order valence-electron chi connectivity index (χ2n) is 18.7. The van der Waals surface area contributed by atoms with Crippen LogP contribution in [0.25, 0.3) is 122 Å². The number of para-hydroxylation sites is 4. The molecule has 71 heavy (non-hydrogen) atoms. The van der Waals surface area contributed by atoms with Gasteiger partial charge in [0.25, 0.3) is 0 Å². The lowest BCUT2D eigenvalue weighted by Gasteiger charge is -2.21. The Morgan fingerprint density at radius 2 is 0.944 bits per heavy atom. The lowest BCUT2D eigenvalue weighted by molar-refractivity contribution is 1.18. The molecule has 0 amide bonds.